The average Bonchev–Trinajstić information content (AvgIpc) is 3.27. The number of esters is 1. The number of fused-ring (bicyclic) bond motifs is 1. The van der Waals surface area contributed by atoms with Crippen molar-refractivity contribution in [2.75, 3.05) is 13.4 Å². The standard InChI is InChI=1S/C18H22N4O5S/c1-4-25-16(23)8-15-20-21-18(22(15)3)28-11(2)17(24)19-9-12-5-6-13-14(7-12)27-10-26-13/h5-7,11H,4,8-10H2,1-3H3,(H,19,24)/t11-/m0/s1. The van der Waals surface area contributed by atoms with Crippen molar-refractivity contribution in [2.45, 2.75) is 37.2 Å². The molecule has 0 saturated carbocycles. The Morgan fingerprint density at radius 3 is 2.89 bits per heavy atom. The maximum atomic E-state index is 12.4. The quantitative estimate of drug-likeness (QED) is 0.519. The molecule has 9 nitrogen and oxygen atoms in total. The first-order chi connectivity index (χ1) is 13.5. The van der Waals surface area contributed by atoms with Crippen LogP contribution in [0.3, 0.4) is 0 Å². The van der Waals surface area contributed by atoms with Crippen molar-refractivity contribution in [2.24, 2.45) is 7.05 Å². The summed E-state index contributed by atoms with van der Waals surface area (Å²) in [7, 11) is 1.76. The second kappa shape index (κ2) is 8.96. The van der Waals surface area contributed by atoms with Crippen LogP contribution >= 0.6 is 11.8 Å². The molecule has 0 saturated heterocycles. The highest BCUT2D eigenvalue weighted by Gasteiger charge is 2.20. The first kappa shape index (κ1) is 20.0. The molecule has 1 aliphatic heterocycles. The number of thioether (sulfide) groups is 1. The molecule has 150 valence electrons. The van der Waals surface area contributed by atoms with Gasteiger partial charge in [0.25, 0.3) is 0 Å². The number of nitrogens with one attached hydrogen (secondary N) is 1. The highest BCUT2D eigenvalue weighted by molar-refractivity contribution is 8.00. The number of carbonyl (C=O) groups excluding carboxylic acids is 2. The SMILES string of the molecule is CCOC(=O)Cc1nnc(S[C@@H](C)C(=O)NCc2ccc3c(c2)OCO3)n1C. The van der Waals surface area contributed by atoms with E-state index >= 15 is 0 Å². The topological polar surface area (TPSA) is 105 Å². The summed E-state index contributed by atoms with van der Waals surface area (Å²) in [5, 5.41) is 11.2. The van der Waals surface area contributed by atoms with Gasteiger partial charge in [0, 0.05) is 13.6 Å². The van der Waals surface area contributed by atoms with E-state index in [1.165, 1.54) is 11.8 Å². The van der Waals surface area contributed by atoms with Crippen LogP contribution in [-0.2, 0) is 34.3 Å². The maximum absolute atomic E-state index is 12.4. The number of carbonyl (C=O) groups is 2. The highest BCUT2D eigenvalue weighted by Crippen LogP contribution is 2.32. The molecule has 0 unspecified atom stereocenters. The summed E-state index contributed by atoms with van der Waals surface area (Å²) in [6.45, 7) is 4.46. The number of rotatable bonds is 8. The molecule has 28 heavy (non-hydrogen) atoms. The van der Waals surface area contributed by atoms with Gasteiger partial charge in [0.2, 0.25) is 12.7 Å². The van der Waals surface area contributed by atoms with Gasteiger partial charge in [0.1, 0.15) is 12.2 Å². The van der Waals surface area contributed by atoms with E-state index in [0.29, 0.717) is 35.6 Å². The Balaban J connectivity index is 1.53. The zero-order valence-electron chi connectivity index (χ0n) is 15.9. The summed E-state index contributed by atoms with van der Waals surface area (Å²) < 4.78 is 17.2. The Morgan fingerprint density at radius 1 is 1.32 bits per heavy atom. The third-order valence-electron chi connectivity index (χ3n) is 4.09. The van der Waals surface area contributed by atoms with Gasteiger partial charge in [0.05, 0.1) is 11.9 Å². The molecule has 0 spiro atoms. The van der Waals surface area contributed by atoms with Gasteiger partial charge in [-0.1, -0.05) is 17.8 Å². The van der Waals surface area contributed by atoms with Crippen LogP contribution in [-0.4, -0.2) is 45.3 Å². The Labute approximate surface area is 166 Å². The number of hydrogen-bond acceptors (Lipinski definition) is 8. The summed E-state index contributed by atoms with van der Waals surface area (Å²) in [6, 6.07) is 5.56. The third kappa shape index (κ3) is 4.75. The van der Waals surface area contributed by atoms with Gasteiger partial charge in [-0.3, -0.25) is 9.59 Å². The second-order valence-corrected chi connectivity index (χ2v) is 7.41. The lowest BCUT2D eigenvalue weighted by Crippen LogP contribution is -2.30. The largest absolute Gasteiger partial charge is 0.466 e. The monoisotopic (exact) mass is 406 g/mol. The molecule has 3 rings (SSSR count). The number of nitrogens with zero attached hydrogens (tertiary/aromatic N) is 3. The zero-order valence-corrected chi connectivity index (χ0v) is 16.7. The molecule has 1 atom stereocenters. The minimum atomic E-state index is -0.382. The van der Waals surface area contributed by atoms with E-state index in [1.54, 1.807) is 25.5 Å². The Bertz CT molecular complexity index is 870. The molecular formula is C18H22N4O5S. The number of benzene rings is 1. The summed E-state index contributed by atoms with van der Waals surface area (Å²) in [5.41, 5.74) is 0.921. The molecular weight excluding hydrogens is 384 g/mol. The fourth-order valence-corrected chi connectivity index (χ4v) is 3.40. The normalized spacial score (nSPS) is 13.2. The molecule has 0 bridgehead atoms. The van der Waals surface area contributed by atoms with Crippen molar-refractivity contribution in [3.05, 3.63) is 29.6 Å². The van der Waals surface area contributed by atoms with Crippen LogP contribution in [0.5, 0.6) is 11.5 Å². The van der Waals surface area contributed by atoms with Crippen molar-refractivity contribution in [3.8, 4) is 11.5 Å². The summed E-state index contributed by atoms with van der Waals surface area (Å²) >= 11 is 1.28. The summed E-state index contributed by atoms with van der Waals surface area (Å²) in [5.74, 6) is 1.40. The smallest absolute Gasteiger partial charge is 0.313 e. The van der Waals surface area contributed by atoms with Gasteiger partial charge in [-0.25, -0.2) is 0 Å². The zero-order chi connectivity index (χ0) is 20.1. The molecule has 1 aliphatic rings. The molecule has 1 aromatic heterocycles. The molecule has 1 aromatic carbocycles. The fourth-order valence-electron chi connectivity index (χ4n) is 2.54. The minimum absolute atomic E-state index is 0.0442. The van der Waals surface area contributed by atoms with Gasteiger partial charge in [-0.15, -0.1) is 10.2 Å². The van der Waals surface area contributed by atoms with E-state index in [2.05, 4.69) is 15.5 Å². The van der Waals surface area contributed by atoms with Crippen LogP contribution < -0.4 is 14.8 Å². The summed E-state index contributed by atoms with van der Waals surface area (Å²) in [6.07, 6.45) is 0.0442. The van der Waals surface area contributed by atoms with Crippen LogP contribution in [0.15, 0.2) is 23.4 Å². The molecule has 2 aromatic rings. The van der Waals surface area contributed by atoms with E-state index in [1.807, 2.05) is 18.2 Å². The van der Waals surface area contributed by atoms with Crippen LogP contribution in [0.2, 0.25) is 0 Å². The number of hydrogen-bond donors (Lipinski definition) is 1. The van der Waals surface area contributed by atoms with Crippen molar-refractivity contribution in [1.82, 2.24) is 20.1 Å². The lowest BCUT2D eigenvalue weighted by Gasteiger charge is -2.12. The van der Waals surface area contributed by atoms with Crippen molar-refractivity contribution in [1.29, 1.82) is 0 Å². The lowest BCUT2D eigenvalue weighted by molar-refractivity contribution is -0.142. The number of ether oxygens (including phenoxy) is 3. The Hall–Kier alpha value is -2.75. The van der Waals surface area contributed by atoms with Crippen LogP contribution in [0, 0.1) is 0 Å². The maximum Gasteiger partial charge on any atom is 0.313 e. The van der Waals surface area contributed by atoms with Crippen LogP contribution in [0.1, 0.15) is 25.2 Å². The van der Waals surface area contributed by atoms with Crippen LogP contribution in [0.25, 0.3) is 0 Å². The number of aromatic nitrogens is 3. The molecule has 0 radical (unpaired) electrons. The second-order valence-electron chi connectivity index (χ2n) is 6.11. The first-order valence-corrected chi connectivity index (χ1v) is 9.72. The van der Waals surface area contributed by atoms with Gasteiger partial charge >= 0.3 is 5.97 Å². The van der Waals surface area contributed by atoms with Gasteiger partial charge in [0.15, 0.2) is 16.7 Å². The molecule has 0 fully saturated rings. The Morgan fingerprint density at radius 2 is 2.11 bits per heavy atom. The fraction of sp³-hybridized carbons (Fsp3) is 0.444. The Kier molecular flexibility index (Phi) is 6.40. The van der Waals surface area contributed by atoms with E-state index in [4.69, 9.17) is 14.2 Å². The van der Waals surface area contributed by atoms with Crippen molar-refractivity contribution in [3.63, 3.8) is 0 Å². The van der Waals surface area contributed by atoms with Crippen molar-refractivity contribution >= 4 is 23.6 Å². The molecule has 1 amide bonds. The average molecular weight is 406 g/mol. The predicted molar refractivity (Wildman–Crippen MR) is 101 cm³/mol. The molecule has 0 aliphatic carbocycles. The minimum Gasteiger partial charge on any atom is -0.466 e. The first-order valence-electron chi connectivity index (χ1n) is 8.84. The number of amides is 1. The van der Waals surface area contributed by atoms with Gasteiger partial charge in [-0.2, -0.15) is 0 Å². The van der Waals surface area contributed by atoms with Gasteiger partial charge in [-0.05, 0) is 31.5 Å². The van der Waals surface area contributed by atoms with E-state index in [-0.39, 0.29) is 30.3 Å². The lowest BCUT2D eigenvalue weighted by atomic mass is 10.2. The molecule has 1 N–H and O–H groups in total. The van der Waals surface area contributed by atoms with E-state index in [9.17, 15) is 9.59 Å². The van der Waals surface area contributed by atoms with Gasteiger partial charge < -0.3 is 24.1 Å². The predicted octanol–water partition coefficient (Wildman–Crippen LogP) is 1.45. The van der Waals surface area contributed by atoms with Crippen molar-refractivity contribution < 1.29 is 23.8 Å². The third-order valence-corrected chi connectivity index (χ3v) is 5.22. The van der Waals surface area contributed by atoms with E-state index < -0.39 is 0 Å². The molecule has 10 heteroatoms. The molecule has 2 heterocycles. The van der Waals surface area contributed by atoms with Crippen LogP contribution in [0.4, 0.5) is 0 Å². The highest BCUT2D eigenvalue weighted by atomic mass is 32.2. The summed E-state index contributed by atoms with van der Waals surface area (Å²) in [4.78, 5) is 24.0. The van der Waals surface area contributed by atoms with E-state index in [0.717, 1.165) is 5.56 Å².